The van der Waals surface area contributed by atoms with E-state index >= 15 is 0 Å². The molecular formula is C80H143NO24. The van der Waals surface area contributed by atoms with Crippen molar-refractivity contribution in [1.29, 1.82) is 0 Å². The Morgan fingerprint density at radius 3 is 0.810 bits per heavy atom. The summed E-state index contributed by atoms with van der Waals surface area (Å²) < 4.78 is 62.2. The van der Waals surface area contributed by atoms with Gasteiger partial charge in [-0.2, -0.15) is 0 Å². The molecule has 25 nitrogen and oxygen atoms in total. The van der Waals surface area contributed by atoms with Crippen molar-refractivity contribution in [2.45, 2.75) is 339 Å². The molecular weight excluding hydrogens is 1360 g/mol. The molecule has 0 aliphatic heterocycles. The third kappa shape index (κ3) is 62.4. The zero-order valence-electron chi connectivity index (χ0n) is 67.1. The summed E-state index contributed by atoms with van der Waals surface area (Å²) in [5.74, 6) is -5.69. The van der Waals surface area contributed by atoms with E-state index in [1.807, 2.05) is 48.5 Å². The normalized spacial score (nSPS) is 12.5. The average molecular weight is 1500 g/mol. The predicted molar refractivity (Wildman–Crippen MR) is 400 cm³/mol. The van der Waals surface area contributed by atoms with Crippen LogP contribution < -0.4 is 5.32 Å². The lowest BCUT2D eigenvalue weighted by atomic mass is 9.93. The fraction of sp³-hybridized carbons (Fsp3) is 0.850. The maximum absolute atomic E-state index is 12.9. The summed E-state index contributed by atoms with van der Waals surface area (Å²) in [4.78, 5) is 146. The van der Waals surface area contributed by atoms with E-state index in [-0.39, 0.29) is 92.7 Å². The van der Waals surface area contributed by atoms with Gasteiger partial charge in [0.2, 0.25) is 0 Å². The fourth-order valence-electron chi connectivity index (χ4n) is 10.6. The molecule has 1 N–H and O–H groups in total. The minimum atomic E-state index is -1.06. The second-order valence-electron chi connectivity index (χ2n) is 26.0. The van der Waals surface area contributed by atoms with Crippen molar-refractivity contribution < 1.29 is 114 Å². The van der Waals surface area contributed by atoms with Crippen molar-refractivity contribution in [2.24, 2.45) is 23.7 Å². The van der Waals surface area contributed by atoms with E-state index in [4.69, 9.17) is 56.8 Å². The summed E-state index contributed by atoms with van der Waals surface area (Å²) in [6, 6.07) is -1.90. The quantitative estimate of drug-likeness (QED) is 0.0336. The molecule has 0 aliphatic rings. The molecule has 0 radical (unpaired) electrons. The van der Waals surface area contributed by atoms with Crippen LogP contribution >= 0.6 is 0 Å². The van der Waals surface area contributed by atoms with E-state index in [1.54, 1.807) is 34.6 Å². The number of unbranched alkanes of at least 4 members (excludes halogenated alkanes) is 14. The number of ether oxygens (including phenoxy) is 12. The Labute approximate surface area is 630 Å². The molecule has 0 saturated carbocycles. The van der Waals surface area contributed by atoms with E-state index in [9.17, 15) is 57.5 Å². The van der Waals surface area contributed by atoms with Gasteiger partial charge in [-0.3, -0.25) is 62.9 Å². The van der Waals surface area contributed by atoms with Crippen LogP contribution in [0.4, 0.5) is 0 Å². The third-order valence-electron chi connectivity index (χ3n) is 16.7. The molecule has 105 heavy (non-hydrogen) atoms. The number of rotatable bonds is 66. The summed E-state index contributed by atoms with van der Waals surface area (Å²) in [5.41, 5.74) is 0. The molecule has 0 aromatic rings. The molecule has 0 rings (SSSR count). The predicted octanol–water partition coefficient (Wildman–Crippen LogP) is 15.3. The van der Waals surface area contributed by atoms with Gasteiger partial charge in [-0.1, -0.05) is 144 Å². The van der Waals surface area contributed by atoms with Crippen LogP contribution in [0.25, 0.3) is 0 Å². The lowest BCUT2D eigenvalue weighted by Gasteiger charge is -2.23. The van der Waals surface area contributed by atoms with E-state index < -0.39 is 53.8 Å². The van der Waals surface area contributed by atoms with Crippen LogP contribution in [0, 0.1) is 23.7 Å². The molecule has 6 unspecified atom stereocenters. The lowest BCUT2D eigenvalue weighted by molar-refractivity contribution is -0.155. The second kappa shape index (κ2) is 74.5. The van der Waals surface area contributed by atoms with Gasteiger partial charge in [0, 0.05) is 19.3 Å². The summed E-state index contributed by atoms with van der Waals surface area (Å²) >= 11 is 0. The summed E-state index contributed by atoms with van der Waals surface area (Å²) in [7, 11) is 0. The van der Waals surface area contributed by atoms with Crippen molar-refractivity contribution in [3.05, 3.63) is 0 Å². The Balaban J connectivity index is -0.00000154. The number of carbonyl (C=O) groups excluding carboxylic acids is 12. The summed E-state index contributed by atoms with van der Waals surface area (Å²) in [6.07, 6.45) is 25.0. The molecule has 0 amide bonds. The van der Waals surface area contributed by atoms with E-state index in [2.05, 4.69) is 5.32 Å². The van der Waals surface area contributed by atoms with Crippen molar-refractivity contribution >= 4 is 71.6 Å². The first-order chi connectivity index (χ1) is 50.7. The Bertz CT molecular complexity index is 2260. The highest BCUT2D eigenvalue weighted by Gasteiger charge is 2.32. The molecule has 0 saturated heterocycles. The molecule has 0 heterocycles. The SMILES string of the molecule is CCCCOC(=O)CC(CCCCCC(CCCC(=O)OCC)C(=O)OCC)C(=O)OCCCC.CCCCOC(=O)CC(CCCCCC(NC(CC(=O)OCCCC)C(=O)OCCCC)C(=O)OCC)C(=O)OCCCC.CCOC(=O)CCCCCCCC(CCCC(=O)OCC)C(=O)OCC. The molecule has 0 fully saturated rings. The number of nitrogens with one attached hydrogen (secondary N) is 1. The van der Waals surface area contributed by atoms with E-state index in [0.717, 1.165) is 122 Å². The van der Waals surface area contributed by atoms with Crippen LogP contribution in [0.2, 0.25) is 0 Å². The van der Waals surface area contributed by atoms with Gasteiger partial charge in [0.15, 0.2) is 0 Å². The molecule has 0 bridgehead atoms. The van der Waals surface area contributed by atoms with Crippen LogP contribution in [-0.4, -0.2) is 163 Å². The number of carbonyl (C=O) groups is 12. The number of hydrogen-bond donors (Lipinski definition) is 1. The fourth-order valence-corrected chi connectivity index (χ4v) is 10.6. The van der Waals surface area contributed by atoms with E-state index in [1.165, 1.54) is 0 Å². The van der Waals surface area contributed by atoms with Gasteiger partial charge in [-0.15, -0.1) is 0 Å². The first kappa shape index (κ1) is 103. The monoisotopic (exact) mass is 1500 g/mol. The highest BCUT2D eigenvalue weighted by Crippen LogP contribution is 2.25. The van der Waals surface area contributed by atoms with Crippen molar-refractivity contribution in [3.8, 4) is 0 Å². The van der Waals surface area contributed by atoms with Gasteiger partial charge in [-0.05, 0) is 144 Å². The zero-order chi connectivity index (χ0) is 78.9. The van der Waals surface area contributed by atoms with E-state index in [0.29, 0.717) is 162 Å². The van der Waals surface area contributed by atoms with Crippen LogP contribution in [-0.2, 0) is 114 Å². The molecule has 612 valence electrons. The maximum atomic E-state index is 12.9. The molecule has 25 heteroatoms. The van der Waals surface area contributed by atoms with Gasteiger partial charge >= 0.3 is 71.6 Å². The standard InChI is InChI=1S/C33H59NO10.C27H48O8.C20H36O6/c1-6-11-20-41-29(35)24-26(31(37)43-22-13-8-3)18-16-15-17-19-27(32(38)40-10-5)34-28(33(39)44-23-14-9-4)25-30(36)42-21-12-7-2;1-5-9-19-34-25(29)21-23(27(31)35-20-10-6-2)16-13-11-12-15-22(26(30)33-8-4)17-14-18-24(28)32-7-3;1-4-24-18(21)15-11-9-7-8-10-13-17(20(23)26-6-3)14-12-16-19(22)25-5-2/h26-28,34H,6-25H2,1-5H3;22-23H,5-21H2,1-4H3;17H,4-16H2,1-3H3. The lowest BCUT2D eigenvalue weighted by Crippen LogP contribution is -2.49. The van der Waals surface area contributed by atoms with Crippen molar-refractivity contribution in [1.82, 2.24) is 5.32 Å². The first-order valence-electron chi connectivity index (χ1n) is 40.4. The average Bonchev–Trinajstić information content (AvgIpc) is 0.885. The molecule has 6 atom stereocenters. The van der Waals surface area contributed by atoms with Crippen LogP contribution in [0.3, 0.4) is 0 Å². The topological polar surface area (TPSA) is 328 Å². The highest BCUT2D eigenvalue weighted by molar-refractivity contribution is 5.84. The molecule has 0 aliphatic carbocycles. The van der Waals surface area contributed by atoms with Crippen LogP contribution in [0.15, 0.2) is 0 Å². The third-order valence-corrected chi connectivity index (χ3v) is 16.7. The second-order valence-corrected chi connectivity index (χ2v) is 26.0. The summed E-state index contributed by atoms with van der Waals surface area (Å²) in [6.45, 7) is 26.6. The van der Waals surface area contributed by atoms with Crippen molar-refractivity contribution in [2.75, 3.05) is 79.3 Å². The number of esters is 12. The van der Waals surface area contributed by atoms with Crippen LogP contribution in [0.5, 0.6) is 0 Å². The smallest absolute Gasteiger partial charge is 0.323 e. The van der Waals surface area contributed by atoms with Gasteiger partial charge in [0.25, 0.3) is 0 Å². The molecule has 0 aromatic heterocycles. The van der Waals surface area contributed by atoms with Gasteiger partial charge in [0.05, 0.1) is 122 Å². The Hall–Kier alpha value is -6.40. The Kier molecular flexibility index (Phi) is 72.9. The molecule has 0 aromatic carbocycles. The van der Waals surface area contributed by atoms with Gasteiger partial charge < -0.3 is 56.8 Å². The summed E-state index contributed by atoms with van der Waals surface area (Å²) in [5, 5.41) is 3.00. The Morgan fingerprint density at radius 1 is 0.210 bits per heavy atom. The zero-order valence-corrected chi connectivity index (χ0v) is 67.1. The van der Waals surface area contributed by atoms with Gasteiger partial charge in [0.1, 0.15) is 12.1 Å². The molecule has 0 spiro atoms. The minimum Gasteiger partial charge on any atom is -0.466 e. The highest BCUT2D eigenvalue weighted by atomic mass is 16.6. The largest absolute Gasteiger partial charge is 0.466 e. The maximum Gasteiger partial charge on any atom is 0.323 e. The van der Waals surface area contributed by atoms with Crippen molar-refractivity contribution in [3.63, 3.8) is 0 Å². The van der Waals surface area contributed by atoms with Crippen LogP contribution in [0.1, 0.15) is 327 Å². The minimum absolute atomic E-state index is 0.0299. The number of hydrogen-bond acceptors (Lipinski definition) is 25. The Morgan fingerprint density at radius 2 is 0.457 bits per heavy atom. The first-order valence-corrected chi connectivity index (χ1v) is 40.4. The van der Waals surface area contributed by atoms with Gasteiger partial charge in [-0.25, -0.2) is 0 Å².